The van der Waals surface area contributed by atoms with Crippen molar-refractivity contribution < 1.29 is 18.7 Å². The number of hydrogen-bond acceptors (Lipinski definition) is 5. The Morgan fingerprint density at radius 2 is 2.07 bits per heavy atom. The van der Waals surface area contributed by atoms with Crippen molar-refractivity contribution in [2.24, 2.45) is 0 Å². The van der Waals surface area contributed by atoms with Crippen LogP contribution in [-0.2, 0) is 12.8 Å². The van der Waals surface area contributed by atoms with Crippen LogP contribution in [-0.4, -0.2) is 61.7 Å². The van der Waals surface area contributed by atoms with Crippen molar-refractivity contribution in [2.75, 3.05) is 13.1 Å². The van der Waals surface area contributed by atoms with E-state index in [1.54, 1.807) is 6.08 Å². The lowest BCUT2D eigenvalue weighted by molar-refractivity contribution is -0.0237. The molecule has 10 heteroatoms. The highest BCUT2D eigenvalue weighted by molar-refractivity contribution is 5.77. The zero-order chi connectivity index (χ0) is 21.4. The first-order chi connectivity index (χ1) is 14.4. The second-order valence-corrected chi connectivity index (χ2v) is 7.36. The SMILES string of the molecule is O=C1NC[C@@H](C(O)=CCCc2ccccc2)N1CCC(F)(F)CCCc1nnn[nH]1. The largest absolute Gasteiger partial charge is 0.510 e. The van der Waals surface area contributed by atoms with Crippen LogP contribution in [0.4, 0.5) is 13.6 Å². The Balaban J connectivity index is 1.47. The molecule has 0 unspecified atom stereocenters. The fourth-order valence-electron chi connectivity index (χ4n) is 3.43. The number of allylic oxidation sites excluding steroid dienone is 1. The summed E-state index contributed by atoms with van der Waals surface area (Å²) in [5, 5.41) is 26.1. The van der Waals surface area contributed by atoms with Gasteiger partial charge in [0.05, 0.1) is 0 Å². The molecule has 1 aromatic carbocycles. The average Bonchev–Trinajstić information content (AvgIpc) is 3.37. The van der Waals surface area contributed by atoms with Crippen molar-refractivity contribution in [1.82, 2.24) is 30.8 Å². The average molecular weight is 420 g/mol. The molecule has 1 aliphatic rings. The maximum absolute atomic E-state index is 14.3. The van der Waals surface area contributed by atoms with E-state index >= 15 is 0 Å². The number of aromatic nitrogens is 4. The summed E-state index contributed by atoms with van der Waals surface area (Å²) >= 11 is 0. The number of benzene rings is 1. The summed E-state index contributed by atoms with van der Waals surface area (Å²) in [6, 6.07) is 8.77. The summed E-state index contributed by atoms with van der Waals surface area (Å²) < 4.78 is 28.5. The van der Waals surface area contributed by atoms with Crippen molar-refractivity contribution in [3.05, 3.63) is 53.6 Å². The quantitative estimate of drug-likeness (QED) is 0.485. The molecule has 162 valence electrons. The van der Waals surface area contributed by atoms with Crippen LogP contribution >= 0.6 is 0 Å². The third-order valence-electron chi connectivity index (χ3n) is 5.12. The molecule has 2 heterocycles. The predicted octanol–water partition coefficient (Wildman–Crippen LogP) is 3.02. The molecular weight excluding hydrogens is 394 g/mol. The molecule has 3 N–H and O–H groups in total. The number of aliphatic hydroxyl groups excluding tert-OH is 1. The van der Waals surface area contributed by atoms with E-state index < -0.39 is 24.4 Å². The first-order valence-corrected chi connectivity index (χ1v) is 10.0. The molecule has 2 aromatic rings. The number of aromatic amines is 1. The van der Waals surface area contributed by atoms with E-state index in [9.17, 15) is 18.7 Å². The first kappa shape index (κ1) is 21.7. The molecule has 1 fully saturated rings. The monoisotopic (exact) mass is 420 g/mol. The van der Waals surface area contributed by atoms with Gasteiger partial charge in [-0.1, -0.05) is 30.3 Å². The van der Waals surface area contributed by atoms with Gasteiger partial charge in [-0.15, -0.1) is 5.10 Å². The maximum atomic E-state index is 14.3. The van der Waals surface area contributed by atoms with Gasteiger partial charge in [-0.2, -0.15) is 0 Å². The number of nitrogens with one attached hydrogen (secondary N) is 2. The van der Waals surface area contributed by atoms with Crippen molar-refractivity contribution >= 4 is 6.03 Å². The number of alkyl halides is 2. The van der Waals surface area contributed by atoms with Crippen molar-refractivity contribution in [3.8, 4) is 0 Å². The van der Waals surface area contributed by atoms with Crippen LogP contribution < -0.4 is 5.32 Å². The Morgan fingerprint density at radius 3 is 2.80 bits per heavy atom. The Labute approximate surface area is 173 Å². The number of amides is 2. The van der Waals surface area contributed by atoms with Gasteiger partial charge in [0.15, 0.2) is 0 Å². The van der Waals surface area contributed by atoms with E-state index in [1.807, 2.05) is 30.3 Å². The van der Waals surface area contributed by atoms with E-state index in [0.717, 1.165) is 12.0 Å². The summed E-state index contributed by atoms with van der Waals surface area (Å²) in [4.78, 5) is 13.4. The van der Waals surface area contributed by atoms with Crippen LogP contribution in [0.3, 0.4) is 0 Å². The summed E-state index contributed by atoms with van der Waals surface area (Å²) in [6.45, 7) is 0.0700. The number of nitrogens with zero attached hydrogens (tertiary/aromatic N) is 4. The van der Waals surface area contributed by atoms with Gasteiger partial charge < -0.3 is 15.3 Å². The van der Waals surface area contributed by atoms with E-state index in [1.165, 1.54) is 4.90 Å². The minimum absolute atomic E-state index is 0.0328. The lowest BCUT2D eigenvalue weighted by atomic mass is 10.1. The summed E-state index contributed by atoms with van der Waals surface area (Å²) in [5.74, 6) is -2.42. The van der Waals surface area contributed by atoms with Crippen LogP contribution in [0.15, 0.2) is 42.2 Å². The topological polar surface area (TPSA) is 107 Å². The molecule has 3 rings (SSSR count). The number of H-pyrrole nitrogens is 1. The Hall–Kier alpha value is -3.04. The number of aryl methyl sites for hydroxylation is 2. The van der Waals surface area contributed by atoms with Crippen LogP contribution in [0, 0.1) is 0 Å². The maximum Gasteiger partial charge on any atom is 0.318 e. The van der Waals surface area contributed by atoms with Gasteiger partial charge in [0.25, 0.3) is 0 Å². The van der Waals surface area contributed by atoms with Gasteiger partial charge in [0, 0.05) is 32.4 Å². The fraction of sp³-hybridized carbons (Fsp3) is 0.500. The summed E-state index contributed by atoms with van der Waals surface area (Å²) in [6.07, 6.45) is 2.77. The highest BCUT2D eigenvalue weighted by Gasteiger charge is 2.36. The molecule has 2 amide bonds. The molecule has 30 heavy (non-hydrogen) atoms. The number of tetrazole rings is 1. The zero-order valence-electron chi connectivity index (χ0n) is 16.6. The molecule has 1 atom stereocenters. The molecule has 0 aliphatic carbocycles. The van der Waals surface area contributed by atoms with Crippen LogP contribution in [0.25, 0.3) is 0 Å². The van der Waals surface area contributed by atoms with Crippen molar-refractivity contribution in [1.29, 1.82) is 0 Å². The number of halogens is 2. The molecule has 1 aliphatic heterocycles. The molecule has 0 spiro atoms. The molecular formula is C20H26F2N6O2. The normalized spacial score (nSPS) is 17.4. The van der Waals surface area contributed by atoms with E-state index in [2.05, 4.69) is 25.9 Å². The molecule has 0 saturated carbocycles. The number of urea groups is 1. The second-order valence-electron chi connectivity index (χ2n) is 7.36. The van der Waals surface area contributed by atoms with Crippen molar-refractivity contribution in [2.45, 2.75) is 50.5 Å². The standard InChI is InChI=1S/C20H26F2N6O2/c21-20(22,11-5-10-18-24-26-27-25-18)12-13-28-16(14-23-19(28)30)17(29)9-4-8-15-6-2-1-3-7-15/h1-3,6-7,9,16,29H,4-5,8,10-14H2,(H,23,30)(H,24,25,26,27)/t16-/m0/s1. The molecule has 1 saturated heterocycles. The molecule has 0 radical (unpaired) electrons. The Morgan fingerprint density at radius 1 is 1.27 bits per heavy atom. The molecule has 8 nitrogen and oxygen atoms in total. The van der Waals surface area contributed by atoms with E-state index in [-0.39, 0.29) is 31.7 Å². The fourth-order valence-corrected chi connectivity index (χ4v) is 3.43. The zero-order valence-corrected chi connectivity index (χ0v) is 16.6. The highest BCUT2D eigenvalue weighted by Crippen LogP contribution is 2.27. The lowest BCUT2D eigenvalue weighted by Crippen LogP contribution is -2.38. The smallest absolute Gasteiger partial charge is 0.318 e. The first-order valence-electron chi connectivity index (χ1n) is 10.0. The summed E-state index contributed by atoms with van der Waals surface area (Å²) in [5.41, 5.74) is 1.14. The van der Waals surface area contributed by atoms with E-state index in [0.29, 0.717) is 18.7 Å². The second kappa shape index (κ2) is 10.1. The third-order valence-corrected chi connectivity index (χ3v) is 5.12. The summed E-state index contributed by atoms with van der Waals surface area (Å²) in [7, 11) is 0. The van der Waals surface area contributed by atoms with Crippen LogP contribution in [0.1, 0.15) is 37.1 Å². The minimum Gasteiger partial charge on any atom is -0.510 e. The number of hydrogen-bond donors (Lipinski definition) is 3. The van der Waals surface area contributed by atoms with Crippen LogP contribution in [0.2, 0.25) is 0 Å². The Kier molecular flexibility index (Phi) is 7.31. The number of carbonyl (C=O) groups excluding carboxylic acids is 1. The molecule has 0 bridgehead atoms. The van der Waals surface area contributed by atoms with Crippen LogP contribution in [0.5, 0.6) is 0 Å². The van der Waals surface area contributed by atoms with Gasteiger partial charge in [-0.3, -0.25) is 0 Å². The predicted molar refractivity (Wildman–Crippen MR) is 106 cm³/mol. The highest BCUT2D eigenvalue weighted by atomic mass is 19.3. The van der Waals surface area contributed by atoms with Crippen molar-refractivity contribution in [3.63, 3.8) is 0 Å². The van der Waals surface area contributed by atoms with Gasteiger partial charge in [-0.05, 0) is 41.3 Å². The third kappa shape index (κ3) is 6.23. The Bertz CT molecular complexity index is 829. The lowest BCUT2D eigenvalue weighted by Gasteiger charge is -2.25. The van der Waals surface area contributed by atoms with Gasteiger partial charge in [0.2, 0.25) is 5.92 Å². The minimum atomic E-state index is -2.92. The number of carbonyl (C=O) groups is 1. The van der Waals surface area contributed by atoms with Gasteiger partial charge >= 0.3 is 6.03 Å². The number of aliphatic hydroxyl groups is 1. The van der Waals surface area contributed by atoms with Gasteiger partial charge in [0.1, 0.15) is 17.6 Å². The van der Waals surface area contributed by atoms with E-state index in [4.69, 9.17) is 0 Å². The molecule has 1 aromatic heterocycles. The van der Waals surface area contributed by atoms with Gasteiger partial charge in [-0.25, -0.2) is 18.7 Å². The number of rotatable bonds is 11.